The molecule has 1 fully saturated rings. The quantitative estimate of drug-likeness (QED) is 0.676. The molecule has 1 aromatic rings. The molecular weight excluding hydrogens is 352 g/mol. The van der Waals surface area contributed by atoms with E-state index in [0.717, 1.165) is 30.2 Å². The fourth-order valence-electron chi connectivity index (χ4n) is 2.61. The van der Waals surface area contributed by atoms with Crippen molar-refractivity contribution in [3.63, 3.8) is 0 Å². The van der Waals surface area contributed by atoms with Crippen LogP contribution in [0.5, 0.6) is 0 Å². The lowest BCUT2D eigenvalue weighted by atomic mass is 10.2. The van der Waals surface area contributed by atoms with Crippen LogP contribution in [0.15, 0.2) is 24.3 Å². The van der Waals surface area contributed by atoms with Crippen molar-refractivity contribution in [1.82, 2.24) is 10.2 Å². The Hall–Kier alpha value is -0.990. The molecule has 0 aromatic heterocycles. The van der Waals surface area contributed by atoms with Crippen LogP contribution in [-0.4, -0.2) is 57.7 Å². The van der Waals surface area contributed by atoms with Crippen LogP contribution >= 0.6 is 11.6 Å². The largest absolute Gasteiger partial charge is 0.374 e. The minimum absolute atomic E-state index is 0.0474. The van der Waals surface area contributed by atoms with Crippen LogP contribution in [0.2, 0.25) is 5.02 Å². The number of hydrogen-bond acceptors (Lipinski definition) is 4. The Bertz CT molecular complexity index is 573. The number of carbonyl (C=O) groups excluding carboxylic acids is 1. The summed E-state index contributed by atoms with van der Waals surface area (Å²) < 4.78 is 24.9. The summed E-state index contributed by atoms with van der Waals surface area (Å²) in [6, 6.07) is 7.80. The van der Waals surface area contributed by atoms with Gasteiger partial charge in [0.1, 0.15) is 0 Å². The van der Waals surface area contributed by atoms with Crippen molar-refractivity contribution in [2.45, 2.75) is 25.5 Å². The lowest BCUT2D eigenvalue weighted by Gasteiger charge is -2.33. The third-order valence-electron chi connectivity index (χ3n) is 3.77. The van der Waals surface area contributed by atoms with Crippen molar-refractivity contribution < 1.29 is 18.3 Å². The minimum Gasteiger partial charge on any atom is -0.374 e. The molecule has 24 heavy (non-hydrogen) atoms. The van der Waals surface area contributed by atoms with Gasteiger partial charge >= 0.3 is 0 Å². The second-order valence-corrected chi connectivity index (χ2v) is 7.28. The molecule has 1 saturated heterocycles. The van der Waals surface area contributed by atoms with E-state index in [-0.39, 0.29) is 24.2 Å². The molecule has 8 heteroatoms. The first-order valence-corrected chi connectivity index (χ1v) is 9.61. The molecule has 2 rings (SSSR count). The van der Waals surface area contributed by atoms with Crippen LogP contribution in [0.25, 0.3) is 0 Å². The van der Waals surface area contributed by atoms with Crippen molar-refractivity contribution in [3.05, 3.63) is 34.9 Å². The molecule has 1 amide bonds. The fraction of sp³-hybridized carbons (Fsp3) is 0.562. The summed E-state index contributed by atoms with van der Waals surface area (Å²) in [6.45, 7) is 3.47. The van der Waals surface area contributed by atoms with E-state index in [2.05, 4.69) is 10.2 Å². The van der Waals surface area contributed by atoms with E-state index >= 15 is 0 Å². The summed E-state index contributed by atoms with van der Waals surface area (Å²) in [5, 5.41) is 3.56. The lowest BCUT2D eigenvalue weighted by molar-refractivity contribution is -0.122. The predicted octanol–water partition coefficient (Wildman–Crippen LogP) is 1.66. The van der Waals surface area contributed by atoms with Crippen molar-refractivity contribution in [1.29, 1.82) is 0 Å². The Labute approximate surface area is 149 Å². The number of ether oxygens (including phenoxy) is 1. The van der Waals surface area contributed by atoms with Gasteiger partial charge in [-0.25, -0.2) is 4.21 Å². The molecule has 0 radical (unpaired) electrons. The third kappa shape index (κ3) is 7.27. The molecule has 0 spiro atoms. The van der Waals surface area contributed by atoms with Gasteiger partial charge in [0.25, 0.3) is 0 Å². The predicted molar refractivity (Wildman–Crippen MR) is 94.4 cm³/mol. The summed E-state index contributed by atoms with van der Waals surface area (Å²) in [6.07, 6.45) is 0.612. The van der Waals surface area contributed by atoms with Crippen molar-refractivity contribution in [3.8, 4) is 0 Å². The highest BCUT2D eigenvalue weighted by Gasteiger charge is 2.21. The van der Waals surface area contributed by atoms with Crippen LogP contribution in [0.4, 0.5) is 0 Å². The molecule has 1 aliphatic rings. The first kappa shape index (κ1) is 19.3. The molecular formula is C16H23ClN2O4S. The number of morpholine rings is 1. The molecule has 134 valence electrons. The molecule has 2 atom stereocenters. The zero-order chi connectivity index (χ0) is 17.4. The Balaban J connectivity index is 1.70. The van der Waals surface area contributed by atoms with E-state index in [4.69, 9.17) is 20.9 Å². The molecule has 1 heterocycles. The second-order valence-electron chi connectivity index (χ2n) is 5.79. The number of amides is 1. The SMILES string of the molecule is O=C(CCCS(=O)O)NCC1CN(Cc2cccc(Cl)c2)CCO1. The summed E-state index contributed by atoms with van der Waals surface area (Å²) >= 11 is 4.17. The number of halogens is 1. The highest BCUT2D eigenvalue weighted by Crippen LogP contribution is 2.14. The average Bonchev–Trinajstić information content (AvgIpc) is 2.53. The molecule has 0 aliphatic carbocycles. The fourth-order valence-corrected chi connectivity index (χ4v) is 3.22. The summed E-state index contributed by atoms with van der Waals surface area (Å²) in [7, 11) is 0. The monoisotopic (exact) mass is 374 g/mol. The van der Waals surface area contributed by atoms with E-state index < -0.39 is 11.1 Å². The second kappa shape index (κ2) is 10.1. The summed E-state index contributed by atoms with van der Waals surface area (Å²) in [4.78, 5) is 14.0. The molecule has 1 aliphatic heterocycles. The molecule has 0 bridgehead atoms. The average molecular weight is 375 g/mol. The van der Waals surface area contributed by atoms with Crippen molar-refractivity contribution in [2.75, 3.05) is 32.0 Å². The lowest BCUT2D eigenvalue weighted by Crippen LogP contribution is -2.47. The van der Waals surface area contributed by atoms with Crippen molar-refractivity contribution in [2.24, 2.45) is 0 Å². The highest BCUT2D eigenvalue weighted by molar-refractivity contribution is 7.79. The van der Waals surface area contributed by atoms with Gasteiger partial charge in [0, 0.05) is 43.4 Å². The van der Waals surface area contributed by atoms with E-state index in [0.29, 0.717) is 19.6 Å². The van der Waals surface area contributed by atoms with Gasteiger partial charge in [-0.05, 0) is 24.1 Å². The smallest absolute Gasteiger partial charge is 0.220 e. The number of nitrogens with zero attached hydrogens (tertiary/aromatic N) is 1. The number of benzene rings is 1. The Kier molecular flexibility index (Phi) is 8.14. The van der Waals surface area contributed by atoms with E-state index in [9.17, 15) is 9.00 Å². The van der Waals surface area contributed by atoms with Gasteiger partial charge < -0.3 is 14.6 Å². The number of nitrogens with one attached hydrogen (secondary N) is 1. The molecule has 6 nitrogen and oxygen atoms in total. The minimum atomic E-state index is -1.84. The molecule has 2 N–H and O–H groups in total. The van der Waals surface area contributed by atoms with Crippen molar-refractivity contribution >= 4 is 28.6 Å². The number of carbonyl (C=O) groups is 1. The van der Waals surface area contributed by atoms with Crippen LogP contribution in [0, 0.1) is 0 Å². The third-order valence-corrected chi connectivity index (χ3v) is 4.64. The highest BCUT2D eigenvalue weighted by atomic mass is 35.5. The van der Waals surface area contributed by atoms with Gasteiger partial charge in [-0.2, -0.15) is 0 Å². The van der Waals surface area contributed by atoms with Gasteiger partial charge in [-0.3, -0.25) is 9.69 Å². The van der Waals surface area contributed by atoms with Crippen LogP contribution in [0.3, 0.4) is 0 Å². The summed E-state index contributed by atoms with van der Waals surface area (Å²) in [5.41, 5.74) is 1.16. The van der Waals surface area contributed by atoms with Gasteiger partial charge in [0.15, 0.2) is 11.1 Å². The van der Waals surface area contributed by atoms with Gasteiger partial charge in [0.05, 0.1) is 12.7 Å². The standard InChI is InChI=1S/C16H23ClN2O4S/c17-14-4-1-3-13(9-14)11-19-6-7-23-15(12-19)10-18-16(20)5-2-8-24(21)22/h1,3-4,9,15H,2,5-8,10-12H2,(H,18,20)(H,21,22). The Morgan fingerprint density at radius 2 is 2.33 bits per heavy atom. The normalized spacial score (nSPS) is 19.8. The molecule has 1 aromatic carbocycles. The Morgan fingerprint density at radius 1 is 1.50 bits per heavy atom. The zero-order valence-corrected chi connectivity index (χ0v) is 15.0. The first-order chi connectivity index (χ1) is 11.5. The van der Waals surface area contributed by atoms with E-state index in [1.807, 2.05) is 24.3 Å². The summed E-state index contributed by atoms with van der Waals surface area (Å²) in [5.74, 6) is 0.0110. The number of hydrogen-bond donors (Lipinski definition) is 2. The topological polar surface area (TPSA) is 78.9 Å². The first-order valence-electron chi connectivity index (χ1n) is 7.95. The van der Waals surface area contributed by atoms with E-state index in [1.165, 1.54) is 0 Å². The molecule has 2 unspecified atom stereocenters. The maximum absolute atomic E-state index is 11.7. The van der Waals surface area contributed by atoms with Gasteiger partial charge in [-0.15, -0.1) is 0 Å². The maximum Gasteiger partial charge on any atom is 0.220 e. The Morgan fingerprint density at radius 3 is 3.08 bits per heavy atom. The van der Waals surface area contributed by atoms with Crippen LogP contribution in [-0.2, 0) is 27.2 Å². The van der Waals surface area contributed by atoms with Gasteiger partial charge in [-0.1, -0.05) is 23.7 Å². The van der Waals surface area contributed by atoms with Gasteiger partial charge in [0.2, 0.25) is 5.91 Å². The van der Waals surface area contributed by atoms with Crippen LogP contribution < -0.4 is 5.32 Å². The maximum atomic E-state index is 11.7. The molecule has 0 saturated carbocycles. The van der Waals surface area contributed by atoms with E-state index in [1.54, 1.807) is 0 Å². The van der Waals surface area contributed by atoms with Crippen LogP contribution in [0.1, 0.15) is 18.4 Å². The number of rotatable bonds is 8. The zero-order valence-electron chi connectivity index (χ0n) is 13.4.